The Balaban J connectivity index is 2.58. The van der Waals surface area contributed by atoms with Crippen LogP contribution in [0.4, 0.5) is 0 Å². The number of rotatable bonds is 5. The Morgan fingerprint density at radius 2 is 2.04 bits per heavy atom. The van der Waals surface area contributed by atoms with Crippen LogP contribution in [0.25, 0.3) is 0 Å². The van der Waals surface area contributed by atoms with Crippen LogP contribution >= 0.6 is 35.1 Å². The largest absolute Gasteiger partial charge is 0.353 e. The summed E-state index contributed by atoms with van der Waals surface area (Å²) in [5, 5.41) is 15.2. The molecule has 0 spiro atoms. The van der Waals surface area contributed by atoms with Crippen molar-refractivity contribution in [3.8, 4) is 6.07 Å². The summed E-state index contributed by atoms with van der Waals surface area (Å²) in [6, 6.07) is 9.63. The van der Waals surface area contributed by atoms with E-state index in [9.17, 15) is 10.1 Å². The number of nitrogens with zero attached hydrogens (tertiary/aromatic N) is 1. The highest BCUT2D eigenvalue weighted by atomic mass is 35.5. The average molecular weight is 365 g/mol. The number of hydrogen-bond donors (Lipinski definition) is 1. The van der Waals surface area contributed by atoms with Crippen molar-refractivity contribution in [2.24, 2.45) is 0 Å². The molecule has 1 heterocycles. The molecule has 1 aromatic carbocycles. The van der Waals surface area contributed by atoms with Crippen LogP contribution in [-0.2, 0) is 4.79 Å². The Hall–Kier alpha value is -1.35. The molecule has 0 aromatic heterocycles. The Kier molecular flexibility index (Phi) is 6.23. The van der Waals surface area contributed by atoms with Crippen LogP contribution in [0.3, 0.4) is 0 Å². The summed E-state index contributed by atoms with van der Waals surface area (Å²) in [5.41, 5.74) is 2.93. The summed E-state index contributed by atoms with van der Waals surface area (Å²) in [4.78, 5) is 12.2. The first-order valence-corrected chi connectivity index (χ1v) is 9.75. The van der Waals surface area contributed by atoms with Gasteiger partial charge in [-0.15, -0.1) is 0 Å². The topological polar surface area (TPSA) is 52.9 Å². The van der Waals surface area contributed by atoms with Gasteiger partial charge in [0.05, 0.1) is 22.6 Å². The lowest BCUT2D eigenvalue weighted by Crippen LogP contribution is -2.27. The summed E-state index contributed by atoms with van der Waals surface area (Å²) in [5.74, 6) is -0.378. The molecule has 1 aromatic rings. The number of hydrogen-bond acceptors (Lipinski definition) is 5. The van der Waals surface area contributed by atoms with Gasteiger partial charge in [0.2, 0.25) is 0 Å². The lowest BCUT2D eigenvalue weighted by Gasteiger charge is -2.29. The number of benzene rings is 1. The molecule has 1 aliphatic rings. The first-order chi connectivity index (χ1) is 11.0. The van der Waals surface area contributed by atoms with E-state index in [-0.39, 0.29) is 11.7 Å². The van der Waals surface area contributed by atoms with E-state index >= 15 is 0 Å². The van der Waals surface area contributed by atoms with Gasteiger partial charge in [0.1, 0.15) is 0 Å². The van der Waals surface area contributed by atoms with Gasteiger partial charge in [0.15, 0.2) is 5.78 Å². The summed E-state index contributed by atoms with van der Waals surface area (Å²) in [6.07, 6.45) is 2.02. The van der Waals surface area contributed by atoms with Crippen molar-refractivity contribution >= 4 is 40.9 Å². The van der Waals surface area contributed by atoms with Crippen LogP contribution in [0.5, 0.6) is 0 Å². The van der Waals surface area contributed by atoms with Gasteiger partial charge in [-0.1, -0.05) is 35.5 Å². The lowest BCUT2D eigenvalue weighted by molar-refractivity contribution is -0.113. The zero-order valence-electron chi connectivity index (χ0n) is 13.1. The molecule has 1 aliphatic heterocycles. The van der Waals surface area contributed by atoms with Crippen molar-refractivity contribution in [2.45, 2.75) is 19.8 Å². The fourth-order valence-corrected chi connectivity index (χ4v) is 4.21. The van der Waals surface area contributed by atoms with E-state index in [0.717, 1.165) is 21.4 Å². The quantitative estimate of drug-likeness (QED) is 0.769. The van der Waals surface area contributed by atoms with Gasteiger partial charge in [-0.05, 0) is 37.8 Å². The molecule has 0 bridgehead atoms. The summed E-state index contributed by atoms with van der Waals surface area (Å²) in [7, 11) is 0. The molecule has 0 amide bonds. The standard InChI is InChI=1S/C17H17ClN2OS2/c1-10-15(11(2)21)16(12-4-6-13(18)7-5-12)14(8-19)17(20-10)23-9-22-3/h4-7,16,20H,9H2,1-3H3/t16-/m1/s1. The van der Waals surface area contributed by atoms with Crippen LogP contribution in [0.15, 0.2) is 46.1 Å². The molecule has 120 valence electrons. The van der Waals surface area contributed by atoms with Crippen molar-refractivity contribution in [3.63, 3.8) is 0 Å². The third-order valence-corrected chi connectivity index (χ3v) is 5.83. The van der Waals surface area contributed by atoms with Crippen molar-refractivity contribution in [3.05, 3.63) is 56.7 Å². The molecular formula is C17H17ClN2OS2. The van der Waals surface area contributed by atoms with E-state index in [1.165, 1.54) is 0 Å². The van der Waals surface area contributed by atoms with Crippen LogP contribution in [0, 0.1) is 11.3 Å². The molecule has 0 saturated carbocycles. The molecule has 23 heavy (non-hydrogen) atoms. The molecule has 3 nitrogen and oxygen atoms in total. The van der Waals surface area contributed by atoms with Crippen molar-refractivity contribution in [2.75, 3.05) is 11.3 Å². The van der Waals surface area contributed by atoms with Gasteiger partial charge in [0, 0.05) is 21.4 Å². The SMILES string of the molecule is CSCSC1=C(C#N)[C@@H](c2ccc(Cl)cc2)C(C(C)=O)=C(C)N1. The van der Waals surface area contributed by atoms with E-state index in [1.54, 1.807) is 42.6 Å². The highest BCUT2D eigenvalue weighted by molar-refractivity contribution is 8.17. The molecule has 0 saturated heterocycles. The molecule has 0 radical (unpaired) electrons. The van der Waals surface area contributed by atoms with Gasteiger partial charge in [-0.2, -0.15) is 17.0 Å². The minimum atomic E-state index is -0.347. The fraction of sp³-hybridized carbons (Fsp3) is 0.294. The second-order valence-corrected chi connectivity index (χ2v) is 7.76. The lowest BCUT2D eigenvalue weighted by atomic mass is 9.81. The van der Waals surface area contributed by atoms with Gasteiger partial charge < -0.3 is 5.32 Å². The Bertz CT molecular complexity index is 717. The maximum atomic E-state index is 12.2. The summed E-state index contributed by atoms with van der Waals surface area (Å²) >= 11 is 9.25. The maximum absolute atomic E-state index is 12.2. The molecule has 1 atom stereocenters. The first-order valence-electron chi connectivity index (χ1n) is 6.99. The molecule has 0 unspecified atom stereocenters. The number of dihydropyridines is 1. The number of halogens is 1. The van der Waals surface area contributed by atoms with E-state index in [2.05, 4.69) is 11.4 Å². The zero-order valence-corrected chi connectivity index (χ0v) is 15.5. The normalized spacial score (nSPS) is 17.8. The molecule has 0 fully saturated rings. The van der Waals surface area contributed by atoms with E-state index in [4.69, 9.17) is 11.6 Å². The monoisotopic (exact) mass is 364 g/mol. The summed E-state index contributed by atoms with van der Waals surface area (Å²) in [6.45, 7) is 3.42. The predicted molar refractivity (Wildman–Crippen MR) is 99.3 cm³/mol. The predicted octanol–water partition coefficient (Wildman–Crippen LogP) is 4.68. The second-order valence-electron chi connectivity index (χ2n) is 5.11. The van der Waals surface area contributed by atoms with Gasteiger partial charge >= 0.3 is 0 Å². The van der Waals surface area contributed by atoms with Crippen molar-refractivity contribution < 1.29 is 4.79 Å². The number of ketones is 1. The van der Waals surface area contributed by atoms with E-state index in [0.29, 0.717) is 16.2 Å². The average Bonchev–Trinajstić information content (AvgIpc) is 2.52. The first kappa shape index (κ1) is 18.0. The minimum absolute atomic E-state index is 0.0309. The highest BCUT2D eigenvalue weighted by Crippen LogP contribution is 2.41. The maximum Gasteiger partial charge on any atom is 0.158 e. The van der Waals surface area contributed by atoms with Gasteiger partial charge in [-0.3, -0.25) is 4.79 Å². The number of carbonyl (C=O) groups excluding carboxylic acids is 1. The van der Waals surface area contributed by atoms with Crippen molar-refractivity contribution in [1.82, 2.24) is 5.32 Å². The number of thioether (sulfide) groups is 2. The van der Waals surface area contributed by atoms with Crippen LogP contribution in [0.1, 0.15) is 25.3 Å². The molecule has 1 N–H and O–H groups in total. The third kappa shape index (κ3) is 3.95. The van der Waals surface area contributed by atoms with E-state index < -0.39 is 0 Å². The van der Waals surface area contributed by atoms with Crippen molar-refractivity contribution in [1.29, 1.82) is 5.26 Å². The van der Waals surface area contributed by atoms with Crippen LogP contribution in [-0.4, -0.2) is 17.1 Å². The van der Waals surface area contributed by atoms with Gasteiger partial charge in [0.25, 0.3) is 0 Å². The number of nitriles is 1. The molecule has 2 rings (SSSR count). The Labute approximate surface area is 150 Å². The smallest absolute Gasteiger partial charge is 0.158 e. The van der Waals surface area contributed by atoms with E-state index in [1.807, 2.05) is 25.3 Å². The number of carbonyl (C=O) groups is 1. The molecule has 6 heteroatoms. The fourth-order valence-electron chi connectivity index (χ4n) is 2.60. The number of allylic oxidation sites excluding steroid dienone is 3. The Morgan fingerprint density at radius 1 is 1.39 bits per heavy atom. The Morgan fingerprint density at radius 3 is 2.57 bits per heavy atom. The third-order valence-electron chi connectivity index (χ3n) is 3.55. The second kappa shape index (κ2) is 7.96. The number of Topliss-reactive ketones (excluding diaryl/α,β-unsaturated/α-hetero) is 1. The van der Waals surface area contributed by atoms with Crippen LogP contribution < -0.4 is 5.32 Å². The minimum Gasteiger partial charge on any atom is -0.353 e. The van der Waals surface area contributed by atoms with Crippen LogP contribution in [0.2, 0.25) is 5.02 Å². The number of nitrogens with one attached hydrogen (secondary N) is 1. The van der Waals surface area contributed by atoms with Gasteiger partial charge in [-0.25, -0.2) is 0 Å². The highest BCUT2D eigenvalue weighted by Gasteiger charge is 2.32. The molecular weight excluding hydrogens is 348 g/mol. The molecule has 0 aliphatic carbocycles. The summed E-state index contributed by atoms with van der Waals surface area (Å²) < 4.78 is 0. The zero-order chi connectivity index (χ0) is 17.0.